The molecule has 1 aliphatic heterocycles. The summed E-state index contributed by atoms with van der Waals surface area (Å²) in [6, 6.07) is 0. The van der Waals surface area contributed by atoms with Crippen LogP contribution >= 0.6 is 0 Å². The third kappa shape index (κ3) is 2.61. The van der Waals surface area contributed by atoms with Gasteiger partial charge in [0.05, 0.1) is 6.61 Å². The average Bonchev–Trinajstić information content (AvgIpc) is 2.73. The molecule has 6 N–H and O–H groups in total. The SMILES string of the molecule is NCCNc1c(NC[C@H]2OC[C@H](O)[C@@H]2O)c(=O)c1=O. The van der Waals surface area contributed by atoms with Gasteiger partial charge in [0.1, 0.15) is 29.7 Å². The third-order valence-corrected chi connectivity index (χ3v) is 3.09. The van der Waals surface area contributed by atoms with Crippen molar-refractivity contribution >= 4 is 11.4 Å². The average molecular weight is 271 g/mol. The minimum absolute atomic E-state index is 0.0533. The first-order valence-electron chi connectivity index (χ1n) is 6.05. The molecule has 0 aliphatic carbocycles. The summed E-state index contributed by atoms with van der Waals surface area (Å²) in [4.78, 5) is 22.7. The summed E-state index contributed by atoms with van der Waals surface area (Å²) in [5, 5.41) is 24.4. The summed E-state index contributed by atoms with van der Waals surface area (Å²) >= 11 is 0. The molecule has 8 heteroatoms. The Morgan fingerprint density at radius 3 is 2.37 bits per heavy atom. The van der Waals surface area contributed by atoms with Crippen molar-refractivity contribution in [1.29, 1.82) is 0 Å². The second kappa shape index (κ2) is 5.66. The van der Waals surface area contributed by atoms with Crippen LogP contribution in [0.25, 0.3) is 0 Å². The Bertz CT molecular complexity index is 510. The standard InChI is InChI=1S/C11H17N3O5/c12-1-2-13-7-8(11(18)10(7)17)14-3-6-9(16)5(15)4-19-6/h5-6,9,13-16H,1-4,12H2/t5-,6+,9-/m0/s1. The number of rotatable bonds is 6. The van der Waals surface area contributed by atoms with Crippen molar-refractivity contribution in [2.24, 2.45) is 5.73 Å². The normalized spacial score (nSPS) is 26.8. The molecule has 0 bridgehead atoms. The number of nitrogens with two attached hydrogens (primary N) is 1. The van der Waals surface area contributed by atoms with Crippen LogP contribution in [0.5, 0.6) is 0 Å². The fourth-order valence-corrected chi connectivity index (χ4v) is 1.98. The smallest absolute Gasteiger partial charge is 0.253 e. The Kier molecular flexibility index (Phi) is 4.15. The van der Waals surface area contributed by atoms with Crippen molar-refractivity contribution in [3.63, 3.8) is 0 Å². The monoisotopic (exact) mass is 271 g/mol. The van der Waals surface area contributed by atoms with Gasteiger partial charge in [-0.25, -0.2) is 0 Å². The largest absolute Gasteiger partial charge is 0.388 e. The second-order valence-corrected chi connectivity index (χ2v) is 4.43. The van der Waals surface area contributed by atoms with Gasteiger partial charge in [0.15, 0.2) is 0 Å². The lowest BCUT2D eigenvalue weighted by molar-refractivity contribution is 0.0293. The minimum Gasteiger partial charge on any atom is -0.388 e. The first-order chi connectivity index (χ1) is 9.06. The maximum Gasteiger partial charge on any atom is 0.253 e. The molecule has 1 heterocycles. The number of hydrogen-bond donors (Lipinski definition) is 5. The number of ether oxygens (including phenoxy) is 1. The van der Waals surface area contributed by atoms with Crippen molar-refractivity contribution in [1.82, 2.24) is 0 Å². The first-order valence-corrected chi connectivity index (χ1v) is 6.05. The molecule has 1 fully saturated rings. The zero-order chi connectivity index (χ0) is 14.0. The first kappa shape index (κ1) is 13.9. The minimum atomic E-state index is -1.00. The van der Waals surface area contributed by atoms with Crippen LogP contribution in [-0.4, -0.2) is 54.8 Å². The molecule has 2 rings (SSSR count). The highest BCUT2D eigenvalue weighted by Gasteiger charge is 2.34. The predicted octanol–water partition coefficient (Wildman–Crippen LogP) is -2.81. The lowest BCUT2D eigenvalue weighted by Gasteiger charge is -2.18. The van der Waals surface area contributed by atoms with E-state index in [1.54, 1.807) is 0 Å². The van der Waals surface area contributed by atoms with Crippen LogP contribution in [0, 0.1) is 0 Å². The molecule has 1 aromatic carbocycles. The maximum absolute atomic E-state index is 11.4. The van der Waals surface area contributed by atoms with E-state index in [0.29, 0.717) is 13.1 Å². The van der Waals surface area contributed by atoms with E-state index in [9.17, 15) is 19.8 Å². The fourth-order valence-electron chi connectivity index (χ4n) is 1.98. The van der Waals surface area contributed by atoms with Crippen molar-refractivity contribution in [3.05, 3.63) is 20.4 Å². The van der Waals surface area contributed by atoms with Crippen LogP contribution in [0.15, 0.2) is 9.59 Å². The van der Waals surface area contributed by atoms with Crippen LogP contribution < -0.4 is 27.2 Å². The Hall–Kier alpha value is -1.48. The summed E-state index contributed by atoms with van der Waals surface area (Å²) in [6.07, 6.45) is -2.53. The van der Waals surface area contributed by atoms with Gasteiger partial charge in [-0.1, -0.05) is 0 Å². The molecule has 106 valence electrons. The summed E-state index contributed by atoms with van der Waals surface area (Å²) in [6.45, 7) is 0.924. The number of aliphatic hydroxyl groups excluding tert-OH is 2. The molecule has 1 saturated heterocycles. The van der Waals surface area contributed by atoms with E-state index < -0.39 is 29.2 Å². The van der Waals surface area contributed by atoms with Gasteiger partial charge in [0, 0.05) is 19.6 Å². The predicted molar refractivity (Wildman–Crippen MR) is 69.1 cm³/mol. The van der Waals surface area contributed by atoms with Crippen LogP contribution in [-0.2, 0) is 4.74 Å². The van der Waals surface area contributed by atoms with Gasteiger partial charge in [-0.2, -0.15) is 0 Å². The van der Waals surface area contributed by atoms with E-state index in [4.69, 9.17) is 10.5 Å². The van der Waals surface area contributed by atoms with E-state index in [0.717, 1.165) is 0 Å². The van der Waals surface area contributed by atoms with Crippen LogP contribution in [0.3, 0.4) is 0 Å². The summed E-state index contributed by atoms with van der Waals surface area (Å²) in [7, 11) is 0. The van der Waals surface area contributed by atoms with E-state index >= 15 is 0 Å². The molecule has 8 nitrogen and oxygen atoms in total. The van der Waals surface area contributed by atoms with E-state index in [2.05, 4.69) is 10.6 Å². The lowest BCUT2D eigenvalue weighted by atomic mass is 10.1. The van der Waals surface area contributed by atoms with Gasteiger partial charge in [-0.05, 0) is 0 Å². The number of hydrogen-bond acceptors (Lipinski definition) is 8. The molecule has 3 atom stereocenters. The Balaban J connectivity index is 1.95. The van der Waals surface area contributed by atoms with Crippen molar-refractivity contribution < 1.29 is 14.9 Å². The fraction of sp³-hybridized carbons (Fsp3) is 0.636. The molecular weight excluding hydrogens is 254 g/mol. The van der Waals surface area contributed by atoms with Gasteiger partial charge in [-0.15, -0.1) is 0 Å². The van der Waals surface area contributed by atoms with E-state index in [1.165, 1.54) is 0 Å². The third-order valence-electron chi connectivity index (χ3n) is 3.09. The zero-order valence-corrected chi connectivity index (χ0v) is 10.3. The van der Waals surface area contributed by atoms with Crippen LogP contribution in [0.2, 0.25) is 0 Å². The van der Waals surface area contributed by atoms with Gasteiger partial charge >= 0.3 is 0 Å². The molecule has 19 heavy (non-hydrogen) atoms. The molecule has 0 amide bonds. The molecule has 1 aromatic rings. The lowest BCUT2D eigenvalue weighted by Crippen LogP contribution is -2.41. The molecular formula is C11H17N3O5. The summed E-state index contributed by atoms with van der Waals surface area (Å²) in [5.74, 6) is 0. The van der Waals surface area contributed by atoms with Crippen molar-refractivity contribution in [2.45, 2.75) is 18.3 Å². The second-order valence-electron chi connectivity index (χ2n) is 4.43. The van der Waals surface area contributed by atoms with Gasteiger partial charge in [-0.3, -0.25) is 9.59 Å². The highest BCUT2D eigenvalue weighted by atomic mass is 16.5. The number of anilines is 2. The molecule has 0 aromatic heterocycles. The highest BCUT2D eigenvalue weighted by Crippen LogP contribution is 2.18. The van der Waals surface area contributed by atoms with E-state index in [-0.39, 0.29) is 24.5 Å². The molecule has 0 unspecified atom stereocenters. The highest BCUT2D eigenvalue weighted by molar-refractivity contribution is 5.73. The molecule has 0 spiro atoms. The zero-order valence-electron chi connectivity index (χ0n) is 10.3. The van der Waals surface area contributed by atoms with Gasteiger partial charge in [0.2, 0.25) is 0 Å². The topological polar surface area (TPSA) is 134 Å². The van der Waals surface area contributed by atoms with Crippen LogP contribution in [0.1, 0.15) is 0 Å². The maximum atomic E-state index is 11.4. The molecule has 0 radical (unpaired) electrons. The van der Waals surface area contributed by atoms with Gasteiger partial charge < -0.3 is 31.3 Å². The molecule has 0 saturated carbocycles. The van der Waals surface area contributed by atoms with E-state index in [1.807, 2.05) is 0 Å². The molecule has 1 aliphatic rings. The van der Waals surface area contributed by atoms with Crippen molar-refractivity contribution in [3.8, 4) is 0 Å². The summed E-state index contributed by atoms with van der Waals surface area (Å²) < 4.78 is 5.15. The summed E-state index contributed by atoms with van der Waals surface area (Å²) in [5.41, 5.74) is 4.51. The number of nitrogens with one attached hydrogen (secondary N) is 2. The van der Waals surface area contributed by atoms with Crippen molar-refractivity contribution in [2.75, 3.05) is 36.9 Å². The Labute approximate surface area is 108 Å². The number of aliphatic hydroxyl groups is 2. The Morgan fingerprint density at radius 2 is 1.84 bits per heavy atom. The quantitative estimate of drug-likeness (QED) is 0.350. The van der Waals surface area contributed by atoms with Crippen LogP contribution in [0.4, 0.5) is 11.4 Å². The Morgan fingerprint density at radius 1 is 1.21 bits per heavy atom. The van der Waals surface area contributed by atoms with Gasteiger partial charge in [0.25, 0.3) is 10.9 Å².